The van der Waals surface area contributed by atoms with Gasteiger partial charge in [-0.15, -0.1) is 8.78 Å². The number of amides is 1. The molecule has 4 rings (SSSR count). The SMILES string of the molecule is O=C(NC(CN1CCCC1)C(O)c1ccc2c(c1)OC(F)(F)O2)OCc1ccccc1. The molecular weight excluding hydrogens is 410 g/mol. The van der Waals surface area contributed by atoms with Gasteiger partial charge in [-0.3, -0.25) is 0 Å². The quantitative estimate of drug-likeness (QED) is 0.695. The third-order valence-electron chi connectivity index (χ3n) is 5.32. The molecule has 31 heavy (non-hydrogen) atoms. The molecule has 0 bridgehead atoms. The Morgan fingerprint density at radius 3 is 2.58 bits per heavy atom. The van der Waals surface area contributed by atoms with Crippen molar-refractivity contribution in [3.8, 4) is 11.5 Å². The largest absolute Gasteiger partial charge is 0.586 e. The fourth-order valence-corrected chi connectivity index (χ4v) is 3.77. The lowest BCUT2D eigenvalue weighted by atomic mass is 10.0. The highest BCUT2D eigenvalue weighted by Gasteiger charge is 2.43. The lowest BCUT2D eigenvalue weighted by Crippen LogP contribution is -2.46. The molecule has 2 aliphatic heterocycles. The number of nitrogens with zero attached hydrogens (tertiary/aromatic N) is 1. The first kappa shape index (κ1) is 21.3. The van der Waals surface area contributed by atoms with Crippen LogP contribution in [0.25, 0.3) is 0 Å². The summed E-state index contributed by atoms with van der Waals surface area (Å²) in [4.78, 5) is 14.5. The van der Waals surface area contributed by atoms with Crippen LogP contribution in [0.1, 0.15) is 30.1 Å². The van der Waals surface area contributed by atoms with Gasteiger partial charge in [-0.2, -0.15) is 0 Å². The maximum atomic E-state index is 13.3. The molecular formula is C22H24F2N2O5. The molecule has 2 aliphatic rings. The lowest BCUT2D eigenvalue weighted by Gasteiger charge is -2.28. The molecule has 9 heteroatoms. The van der Waals surface area contributed by atoms with Crippen molar-refractivity contribution >= 4 is 6.09 Å². The molecule has 0 aliphatic carbocycles. The Kier molecular flexibility index (Phi) is 6.24. The highest BCUT2D eigenvalue weighted by Crippen LogP contribution is 2.42. The van der Waals surface area contributed by atoms with E-state index < -0.39 is 24.5 Å². The predicted molar refractivity (Wildman–Crippen MR) is 107 cm³/mol. The summed E-state index contributed by atoms with van der Waals surface area (Å²) in [6.07, 6.45) is -3.48. The second-order valence-corrected chi connectivity index (χ2v) is 7.64. The molecule has 0 spiro atoms. The molecule has 0 saturated carbocycles. The minimum atomic E-state index is -3.74. The van der Waals surface area contributed by atoms with Crippen molar-refractivity contribution in [2.75, 3.05) is 19.6 Å². The summed E-state index contributed by atoms with van der Waals surface area (Å²) in [5.41, 5.74) is 1.17. The van der Waals surface area contributed by atoms with E-state index in [2.05, 4.69) is 19.7 Å². The zero-order valence-electron chi connectivity index (χ0n) is 16.8. The van der Waals surface area contributed by atoms with Crippen LogP contribution in [0, 0.1) is 0 Å². The molecule has 7 nitrogen and oxygen atoms in total. The maximum absolute atomic E-state index is 13.3. The summed E-state index contributed by atoms with van der Waals surface area (Å²) in [5, 5.41) is 13.7. The number of rotatable bonds is 7. The number of hydrogen-bond donors (Lipinski definition) is 2. The van der Waals surface area contributed by atoms with Gasteiger partial charge in [0, 0.05) is 6.54 Å². The maximum Gasteiger partial charge on any atom is 0.586 e. The van der Waals surface area contributed by atoms with Gasteiger partial charge in [-0.05, 0) is 49.2 Å². The number of carbonyl (C=O) groups excluding carboxylic acids is 1. The molecule has 2 heterocycles. The fourth-order valence-electron chi connectivity index (χ4n) is 3.77. The molecule has 2 aromatic carbocycles. The van der Waals surface area contributed by atoms with Gasteiger partial charge in [0.1, 0.15) is 12.7 Å². The fraction of sp³-hybridized carbons (Fsp3) is 0.409. The number of alkyl carbamates (subject to hydrolysis) is 1. The minimum Gasteiger partial charge on any atom is -0.445 e. The first-order valence-corrected chi connectivity index (χ1v) is 10.2. The van der Waals surface area contributed by atoms with Crippen molar-refractivity contribution in [3.63, 3.8) is 0 Å². The Labute approximate surface area is 178 Å². The monoisotopic (exact) mass is 434 g/mol. The van der Waals surface area contributed by atoms with Gasteiger partial charge < -0.3 is 29.5 Å². The van der Waals surface area contributed by atoms with Crippen LogP contribution in [-0.4, -0.2) is 48.1 Å². The van der Waals surface area contributed by atoms with Gasteiger partial charge in [-0.25, -0.2) is 4.79 Å². The van der Waals surface area contributed by atoms with E-state index in [0.717, 1.165) is 31.5 Å². The average Bonchev–Trinajstić information content (AvgIpc) is 3.37. The summed E-state index contributed by atoms with van der Waals surface area (Å²) in [5.74, 6) is -0.264. The number of aliphatic hydroxyl groups excluding tert-OH is 1. The molecule has 1 fully saturated rings. The highest BCUT2D eigenvalue weighted by molar-refractivity contribution is 5.67. The third kappa shape index (κ3) is 5.42. The number of benzene rings is 2. The predicted octanol–water partition coefficient (Wildman–Crippen LogP) is 3.43. The Balaban J connectivity index is 1.44. The van der Waals surface area contributed by atoms with Crippen LogP contribution >= 0.6 is 0 Å². The van der Waals surface area contributed by atoms with Crippen molar-refractivity contribution < 1.29 is 32.9 Å². The smallest absolute Gasteiger partial charge is 0.445 e. The Morgan fingerprint density at radius 1 is 1.13 bits per heavy atom. The summed E-state index contributed by atoms with van der Waals surface area (Å²) < 4.78 is 40.8. The molecule has 0 radical (unpaired) electrons. The van der Waals surface area contributed by atoms with Crippen molar-refractivity contribution in [1.29, 1.82) is 0 Å². The summed E-state index contributed by atoms with van der Waals surface area (Å²) in [6, 6.07) is 12.6. The second-order valence-electron chi connectivity index (χ2n) is 7.64. The first-order chi connectivity index (χ1) is 14.9. The standard InChI is InChI=1S/C22H24F2N2O5/c23-22(24)30-18-9-8-16(12-19(18)31-22)20(27)17(13-26-10-4-5-11-26)25-21(28)29-14-15-6-2-1-3-7-15/h1-3,6-9,12,17,20,27H,4-5,10-11,13-14H2,(H,25,28). The number of aliphatic hydroxyl groups is 1. The van der Waals surface area contributed by atoms with Gasteiger partial charge in [0.15, 0.2) is 11.5 Å². The van der Waals surface area contributed by atoms with E-state index in [1.807, 2.05) is 30.3 Å². The first-order valence-electron chi connectivity index (χ1n) is 10.2. The van der Waals surface area contributed by atoms with Crippen molar-refractivity contribution in [1.82, 2.24) is 10.2 Å². The van der Waals surface area contributed by atoms with Gasteiger partial charge in [0.25, 0.3) is 0 Å². The molecule has 2 N–H and O–H groups in total. The van der Waals surface area contributed by atoms with E-state index in [1.165, 1.54) is 18.2 Å². The molecule has 2 unspecified atom stereocenters. The van der Waals surface area contributed by atoms with Gasteiger partial charge >= 0.3 is 12.4 Å². The summed E-state index contributed by atoms with van der Waals surface area (Å²) >= 11 is 0. The number of carbonyl (C=O) groups is 1. The Hall–Kier alpha value is -2.91. The van der Waals surface area contributed by atoms with Gasteiger partial charge in [-0.1, -0.05) is 36.4 Å². The minimum absolute atomic E-state index is 0.0955. The van der Waals surface area contributed by atoms with Crippen molar-refractivity contribution in [2.24, 2.45) is 0 Å². The van der Waals surface area contributed by atoms with Crippen LogP contribution in [0.5, 0.6) is 11.5 Å². The number of likely N-dealkylation sites (tertiary alicyclic amines) is 1. The number of ether oxygens (including phenoxy) is 3. The van der Waals surface area contributed by atoms with Crippen LogP contribution < -0.4 is 14.8 Å². The number of alkyl halides is 2. The van der Waals surface area contributed by atoms with Crippen LogP contribution in [-0.2, 0) is 11.3 Å². The van der Waals surface area contributed by atoms with Gasteiger partial charge in [0.2, 0.25) is 0 Å². The zero-order chi connectivity index (χ0) is 21.8. The van der Waals surface area contributed by atoms with Gasteiger partial charge in [0.05, 0.1) is 6.04 Å². The third-order valence-corrected chi connectivity index (χ3v) is 5.32. The molecule has 2 aromatic rings. The number of halogens is 2. The molecule has 0 aromatic heterocycles. The summed E-state index contributed by atoms with van der Waals surface area (Å²) in [7, 11) is 0. The molecule has 2 atom stereocenters. The molecule has 166 valence electrons. The zero-order valence-corrected chi connectivity index (χ0v) is 16.8. The average molecular weight is 434 g/mol. The van der Waals surface area contributed by atoms with E-state index in [0.29, 0.717) is 12.1 Å². The molecule has 1 saturated heterocycles. The Morgan fingerprint density at radius 2 is 1.84 bits per heavy atom. The van der Waals surface area contributed by atoms with E-state index in [4.69, 9.17) is 4.74 Å². The van der Waals surface area contributed by atoms with E-state index in [1.54, 1.807) is 0 Å². The van der Waals surface area contributed by atoms with Crippen LogP contribution in [0.3, 0.4) is 0 Å². The van der Waals surface area contributed by atoms with E-state index in [9.17, 15) is 18.7 Å². The Bertz CT molecular complexity index is 906. The van der Waals surface area contributed by atoms with Crippen LogP contribution in [0.4, 0.5) is 13.6 Å². The van der Waals surface area contributed by atoms with Crippen molar-refractivity contribution in [3.05, 3.63) is 59.7 Å². The number of hydrogen-bond acceptors (Lipinski definition) is 6. The summed E-state index contributed by atoms with van der Waals surface area (Å²) in [6.45, 7) is 2.21. The number of fused-ring (bicyclic) bond motifs is 1. The molecule has 1 amide bonds. The highest BCUT2D eigenvalue weighted by atomic mass is 19.3. The van der Waals surface area contributed by atoms with Crippen LogP contribution in [0.15, 0.2) is 48.5 Å². The number of nitrogens with one attached hydrogen (secondary N) is 1. The van der Waals surface area contributed by atoms with Crippen LogP contribution in [0.2, 0.25) is 0 Å². The second kappa shape index (κ2) is 9.07. The normalized spacial score (nSPS) is 19.1. The van der Waals surface area contributed by atoms with E-state index in [-0.39, 0.29) is 18.1 Å². The topological polar surface area (TPSA) is 80.3 Å². The lowest BCUT2D eigenvalue weighted by molar-refractivity contribution is -0.286. The van der Waals surface area contributed by atoms with Crippen molar-refractivity contribution in [2.45, 2.75) is 37.9 Å². The van der Waals surface area contributed by atoms with E-state index >= 15 is 0 Å².